The predicted octanol–water partition coefficient (Wildman–Crippen LogP) is 5.04. The second-order valence-electron chi connectivity index (χ2n) is 8.23. The summed E-state index contributed by atoms with van der Waals surface area (Å²) in [5, 5.41) is 5.39. The van der Waals surface area contributed by atoms with Gasteiger partial charge in [0.1, 0.15) is 5.82 Å². The van der Waals surface area contributed by atoms with Crippen molar-refractivity contribution in [3.05, 3.63) is 107 Å². The number of nitrogens with one attached hydrogen (secondary N) is 2. The number of nitrogens with zero attached hydrogens (tertiary/aromatic N) is 2. The lowest BCUT2D eigenvalue weighted by molar-refractivity contribution is -0.120. The lowest BCUT2D eigenvalue weighted by Crippen LogP contribution is -2.49. The highest BCUT2D eigenvalue weighted by Gasteiger charge is 2.33. The Morgan fingerprint density at radius 2 is 1.76 bits per heavy atom. The minimum Gasteiger partial charge on any atom is -0.308 e. The summed E-state index contributed by atoms with van der Waals surface area (Å²) in [7, 11) is 0. The van der Waals surface area contributed by atoms with Crippen molar-refractivity contribution in [2.45, 2.75) is 20.0 Å². The molecule has 1 aliphatic rings. The first-order valence-electron chi connectivity index (χ1n) is 10.9. The molecule has 7 heteroatoms. The van der Waals surface area contributed by atoms with E-state index in [1.807, 2.05) is 32.0 Å². The van der Waals surface area contributed by atoms with Crippen molar-refractivity contribution in [2.24, 2.45) is 4.99 Å². The molecule has 4 rings (SSSR count). The van der Waals surface area contributed by atoms with Gasteiger partial charge in [-0.2, -0.15) is 0 Å². The Labute approximate surface area is 197 Å². The molecule has 3 aromatic carbocycles. The predicted molar refractivity (Wildman–Crippen MR) is 133 cm³/mol. The van der Waals surface area contributed by atoms with E-state index >= 15 is 0 Å². The number of para-hydroxylation sites is 1. The van der Waals surface area contributed by atoms with Crippen LogP contribution in [0.3, 0.4) is 0 Å². The monoisotopic (exact) mass is 456 g/mol. The van der Waals surface area contributed by atoms with Crippen molar-refractivity contribution < 1.29 is 14.0 Å². The number of carbonyl (C=O) groups is 2. The SMILES string of the molecule is C=C(C)CN1C(=O)C(NC(=O)Nc2cccc(C)c2)N=C(c2ccccc2F)c2ccccc21. The first kappa shape index (κ1) is 22.9. The van der Waals surface area contributed by atoms with E-state index in [9.17, 15) is 14.0 Å². The lowest BCUT2D eigenvalue weighted by atomic mass is 9.99. The maximum Gasteiger partial charge on any atom is 0.321 e. The van der Waals surface area contributed by atoms with Gasteiger partial charge in [0.05, 0.1) is 11.4 Å². The quantitative estimate of drug-likeness (QED) is 0.528. The molecule has 34 heavy (non-hydrogen) atoms. The van der Waals surface area contributed by atoms with Crippen molar-refractivity contribution in [3.63, 3.8) is 0 Å². The number of hydrogen-bond acceptors (Lipinski definition) is 3. The van der Waals surface area contributed by atoms with Crippen LogP contribution in [0.4, 0.5) is 20.6 Å². The molecule has 0 fully saturated rings. The van der Waals surface area contributed by atoms with E-state index in [1.165, 1.54) is 11.0 Å². The number of halogens is 1. The summed E-state index contributed by atoms with van der Waals surface area (Å²) in [6, 6.07) is 20.1. The largest absolute Gasteiger partial charge is 0.321 e. The first-order valence-corrected chi connectivity index (χ1v) is 10.9. The van der Waals surface area contributed by atoms with E-state index in [0.717, 1.165) is 11.1 Å². The molecule has 172 valence electrons. The van der Waals surface area contributed by atoms with Crippen molar-refractivity contribution in [1.82, 2.24) is 5.32 Å². The Kier molecular flexibility index (Phi) is 6.54. The van der Waals surface area contributed by atoms with Crippen LogP contribution < -0.4 is 15.5 Å². The fourth-order valence-electron chi connectivity index (χ4n) is 3.84. The Morgan fingerprint density at radius 3 is 2.47 bits per heavy atom. The van der Waals surface area contributed by atoms with Gasteiger partial charge in [-0.25, -0.2) is 14.2 Å². The smallest absolute Gasteiger partial charge is 0.308 e. The molecular weight excluding hydrogens is 431 g/mol. The fraction of sp³-hybridized carbons (Fsp3) is 0.148. The van der Waals surface area contributed by atoms with Crippen LogP contribution in [-0.4, -0.2) is 30.4 Å². The van der Waals surface area contributed by atoms with Gasteiger partial charge in [-0.1, -0.05) is 54.6 Å². The van der Waals surface area contributed by atoms with Crippen LogP contribution in [0.1, 0.15) is 23.6 Å². The number of fused-ring (bicyclic) bond motifs is 1. The zero-order valence-electron chi connectivity index (χ0n) is 19.0. The Morgan fingerprint density at radius 1 is 1.06 bits per heavy atom. The Bertz CT molecular complexity index is 1300. The number of amides is 3. The van der Waals surface area contributed by atoms with Crippen molar-refractivity contribution in [1.29, 1.82) is 0 Å². The second-order valence-corrected chi connectivity index (χ2v) is 8.23. The zero-order chi connectivity index (χ0) is 24.2. The standard InChI is InChI=1S/C27H25FN4O2/c1-17(2)16-32-23-14-7-5-12-21(23)24(20-11-4-6-13-22(20)28)30-25(26(32)33)31-27(34)29-19-10-8-9-18(3)15-19/h4-15,25H,1,16H2,2-3H3,(H2,29,31,34). The molecule has 0 radical (unpaired) electrons. The van der Waals surface area contributed by atoms with Crippen LogP contribution in [0, 0.1) is 12.7 Å². The number of urea groups is 1. The van der Waals surface area contributed by atoms with Crippen molar-refractivity contribution in [3.8, 4) is 0 Å². The molecule has 1 aliphatic heterocycles. The first-order chi connectivity index (χ1) is 16.3. The van der Waals surface area contributed by atoms with E-state index in [1.54, 1.807) is 48.5 Å². The van der Waals surface area contributed by atoms with Crippen LogP contribution in [0.25, 0.3) is 0 Å². The molecule has 0 spiro atoms. The van der Waals surface area contributed by atoms with E-state index in [-0.39, 0.29) is 17.8 Å². The van der Waals surface area contributed by atoms with Crippen molar-refractivity contribution in [2.75, 3.05) is 16.8 Å². The van der Waals surface area contributed by atoms with Gasteiger partial charge in [0.15, 0.2) is 0 Å². The molecule has 0 saturated carbocycles. The normalized spacial score (nSPS) is 15.1. The molecule has 2 N–H and O–H groups in total. The second kappa shape index (κ2) is 9.70. The van der Waals surface area contributed by atoms with E-state index in [0.29, 0.717) is 16.9 Å². The summed E-state index contributed by atoms with van der Waals surface area (Å²) in [6.45, 7) is 7.89. The molecule has 3 amide bonds. The van der Waals surface area contributed by atoms with Gasteiger partial charge in [-0.15, -0.1) is 0 Å². The van der Waals surface area contributed by atoms with Crippen LogP contribution in [0.2, 0.25) is 0 Å². The zero-order valence-corrected chi connectivity index (χ0v) is 19.0. The fourth-order valence-corrected chi connectivity index (χ4v) is 3.84. The highest BCUT2D eigenvalue weighted by atomic mass is 19.1. The van der Waals surface area contributed by atoms with Crippen LogP contribution in [-0.2, 0) is 4.79 Å². The van der Waals surface area contributed by atoms with E-state index in [4.69, 9.17) is 0 Å². The lowest BCUT2D eigenvalue weighted by Gasteiger charge is -2.25. The summed E-state index contributed by atoms with van der Waals surface area (Å²) in [5.41, 5.74) is 4.00. The van der Waals surface area contributed by atoms with Crippen molar-refractivity contribution >= 4 is 29.0 Å². The molecule has 1 heterocycles. The van der Waals surface area contributed by atoms with Gasteiger partial charge in [-0.05, 0) is 49.7 Å². The number of benzene rings is 3. The maximum absolute atomic E-state index is 14.8. The molecule has 0 aromatic heterocycles. The number of carbonyl (C=O) groups excluding carboxylic acids is 2. The van der Waals surface area contributed by atoms with Crippen LogP contribution >= 0.6 is 0 Å². The molecule has 0 aliphatic carbocycles. The maximum atomic E-state index is 14.8. The van der Waals surface area contributed by atoms with Gasteiger partial charge < -0.3 is 15.5 Å². The van der Waals surface area contributed by atoms with E-state index in [2.05, 4.69) is 22.2 Å². The highest BCUT2D eigenvalue weighted by Crippen LogP contribution is 2.29. The molecular formula is C27H25FN4O2. The summed E-state index contributed by atoms with van der Waals surface area (Å²) < 4.78 is 14.8. The number of aliphatic imine (C=N–C) groups is 1. The third-order valence-corrected chi connectivity index (χ3v) is 5.31. The van der Waals surface area contributed by atoms with Gasteiger partial charge in [0.25, 0.3) is 5.91 Å². The topological polar surface area (TPSA) is 73.8 Å². The number of rotatable bonds is 5. The number of benzodiazepines with no additional fused rings is 1. The van der Waals surface area contributed by atoms with Gasteiger partial charge in [-0.3, -0.25) is 4.79 Å². The van der Waals surface area contributed by atoms with Gasteiger partial charge >= 0.3 is 6.03 Å². The molecule has 1 unspecified atom stereocenters. The average Bonchev–Trinajstić information content (AvgIpc) is 2.90. The molecule has 6 nitrogen and oxygen atoms in total. The van der Waals surface area contributed by atoms with Crippen LogP contribution in [0.5, 0.6) is 0 Å². The molecule has 3 aromatic rings. The summed E-state index contributed by atoms with van der Waals surface area (Å²) in [5.74, 6) is -0.916. The Hall–Kier alpha value is -4.26. The third-order valence-electron chi connectivity index (χ3n) is 5.31. The average molecular weight is 457 g/mol. The van der Waals surface area contributed by atoms with Gasteiger partial charge in [0.2, 0.25) is 6.17 Å². The molecule has 0 bridgehead atoms. The third kappa shape index (κ3) is 4.88. The highest BCUT2D eigenvalue weighted by molar-refractivity contribution is 6.20. The minimum absolute atomic E-state index is 0.230. The van der Waals surface area contributed by atoms with Gasteiger partial charge in [0, 0.05) is 23.4 Å². The number of hydrogen-bond donors (Lipinski definition) is 2. The minimum atomic E-state index is -1.27. The molecule has 1 atom stereocenters. The van der Waals surface area contributed by atoms with Crippen LogP contribution in [0.15, 0.2) is 89.9 Å². The summed E-state index contributed by atoms with van der Waals surface area (Å²) in [4.78, 5) is 32.5. The molecule has 0 saturated heterocycles. The number of aryl methyl sites for hydroxylation is 1. The van der Waals surface area contributed by atoms with E-state index < -0.39 is 23.9 Å². The summed E-state index contributed by atoms with van der Waals surface area (Å²) >= 11 is 0. The Balaban J connectivity index is 1.77. The summed E-state index contributed by atoms with van der Waals surface area (Å²) in [6.07, 6.45) is -1.27. The number of anilines is 2.